The number of carbonyl (C=O) groups is 1. The first-order valence-electron chi connectivity index (χ1n) is 6.23. The summed E-state index contributed by atoms with van der Waals surface area (Å²) < 4.78 is 0. The molecule has 2 nitrogen and oxygen atoms in total. The number of carbonyl (C=O) groups excluding carboxylic acids is 1. The van der Waals surface area contributed by atoms with Crippen molar-refractivity contribution in [1.29, 1.82) is 0 Å². The second kappa shape index (κ2) is 4.82. The van der Waals surface area contributed by atoms with Gasteiger partial charge in [-0.25, -0.2) is 0 Å². The minimum atomic E-state index is 0.277. The molecule has 0 radical (unpaired) electrons. The van der Waals surface area contributed by atoms with E-state index in [1.165, 1.54) is 25.7 Å². The summed E-state index contributed by atoms with van der Waals surface area (Å²) in [5.74, 6) is 1.23. The van der Waals surface area contributed by atoms with Gasteiger partial charge >= 0.3 is 0 Å². The van der Waals surface area contributed by atoms with Crippen molar-refractivity contribution in [2.75, 3.05) is 6.54 Å². The van der Waals surface area contributed by atoms with E-state index in [1.54, 1.807) is 5.57 Å². The van der Waals surface area contributed by atoms with Crippen molar-refractivity contribution in [1.82, 2.24) is 5.32 Å². The Labute approximate surface area is 92.1 Å². The molecule has 1 amide bonds. The van der Waals surface area contributed by atoms with Gasteiger partial charge in [0.2, 0.25) is 5.91 Å². The first-order valence-corrected chi connectivity index (χ1v) is 6.23. The highest BCUT2D eigenvalue weighted by molar-refractivity contribution is 5.81. The highest BCUT2D eigenvalue weighted by atomic mass is 16.2. The largest absolute Gasteiger partial charge is 0.356 e. The third-order valence-electron chi connectivity index (χ3n) is 3.58. The molecule has 2 heteroatoms. The number of amides is 1. The van der Waals surface area contributed by atoms with Crippen LogP contribution in [0.4, 0.5) is 0 Å². The Morgan fingerprint density at radius 2 is 2.33 bits per heavy atom. The van der Waals surface area contributed by atoms with E-state index >= 15 is 0 Å². The summed E-state index contributed by atoms with van der Waals surface area (Å²) >= 11 is 0. The van der Waals surface area contributed by atoms with Gasteiger partial charge in [0.15, 0.2) is 0 Å². The smallest absolute Gasteiger partial charge is 0.223 e. The van der Waals surface area contributed by atoms with E-state index in [9.17, 15) is 4.79 Å². The summed E-state index contributed by atoms with van der Waals surface area (Å²) in [6.45, 7) is 2.99. The molecule has 0 aromatic carbocycles. The predicted molar refractivity (Wildman–Crippen MR) is 61.4 cm³/mol. The van der Waals surface area contributed by atoms with Gasteiger partial charge in [0.05, 0.1) is 0 Å². The standard InChI is InChI=1S/C13H21NO/c1-10-9-12(10)13(15)14-8-7-11-5-3-2-4-6-11/h5,10,12H,2-4,6-9H2,1H3,(H,14,15)/t10-,12-/m1/s1. The van der Waals surface area contributed by atoms with E-state index in [-0.39, 0.29) is 5.91 Å². The number of nitrogens with one attached hydrogen (secondary N) is 1. The normalized spacial score (nSPS) is 29.5. The summed E-state index contributed by atoms with van der Waals surface area (Å²) in [4.78, 5) is 11.5. The molecule has 84 valence electrons. The molecule has 15 heavy (non-hydrogen) atoms. The van der Waals surface area contributed by atoms with Gasteiger partial charge in [-0.3, -0.25) is 4.79 Å². The summed E-state index contributed by atoms with van der Waals surface area (Å²) in [6.07, 6.45) is 9.67. The Hall–Kier alpha value is -0.790. The van der Waals surface area contributed by atoms with E-state index < -0.39 is 0 Å². The quantitative estimate of drug-likeness (QED) is 0.705. The van der Waals surface area contributed by atoms with Gasteiger partial charge in [0.1, 0.15) is 0 Å². The van der Waals surface area contributed by atoms with Crippen LogP contribution in [0.5, 0.6) is 0 Å². The van der Waals surface area contributed by atoms with Gasteiger partial charge in [0, 0.05) is 12.5 Å². The van der Waals surface area contributed by atoms with Crippen LogP contribution in [0.25, 0.3) is 0 Å². The first-order chi connectivity index (χ1) is 7.27. The molecule has 2 rings (SSSR count). The molecule has 0 heterocycles. The second-order valence-electron chi connectivity index (χ2n) is 4.97. The van der Waals surface area contributed by atoms with E-state index in [1.807, 2.05) is 0 Å². The van der Waals surface area contributed by atoms with Crippen molar-refractivity contribution >= 4 is 5.91 Å². The zero-order valence-electron chi connectivity index (χ0n) is 9.59. The van der Waals surface area contributed by atoms with Gasteiger partial charge in [-0.15, -0.1) is 0 Å². The maximum Gasteiger partial charge on any atom is 0.223 e. The van der Waals surface area contributed by atoms with Crippen LogP contribution in [0.2, 0.25) is 0 Å². The highest BCUT2D eigenvalue weighted by Gasteiger charge is 2.38. The van der Waals surface area contributed by atoms with Crippen molar-refractivity contribution in [2.45, 2.75) is 45.4 Å². The van der Waals surface area contributed by atoms with E-state index in [0.29, 0.717) is 11.8 Å². The molecular weight excluding hydrogens is 186 g/mol. The Morgan fingerprint density at radius 3 is 2.93 bits per heavy atom. The predicted octanol–water partition coefficient (Wildman–Crippen LogP) is 2.65. The van der Waals surface area contributed by atoms with Crippen molar-refractivity contribution in [3.05, 3.63) is 11.6 Å². The fourth-order valence-electron chi connectivity index (χ4n) is 2.30. The lowest BCUT2D eigenvalue weighted by molar-refractivity contribution is -0.122. The van der Waals surface area contributed by atoms with Crippen LogP contribution in [-0.4, -0.2) is 12.5 Å². The van der Waals surface area contributed by atoms with Crippen LogP contribution in [-0.2, 0) is 4.79 Å². The van der Waals surface area contributed by atoms with Crippen molar-refractivity contribution in [3.8, 4) is 0 Å². The van der Waals surface area contributed by atoms with Crippen LogP contribution in [0.3, 0.4) is 0 Å². The SMILES string of the molecule is C[C@@H]1C[C@H]1C(=O)NCCC1=CCCCC1. The fraction of sp³-hybridized carbons (Fsp3) is 0.769. The van der Waals surface area contributed by atoms with Crippen molar-refractivity contribution < 1.29 is 4.79 Å². The molecule has 0 spiro atoms. The number of hydrogen-bond donors (Lipinski definition) is 1. The number of allylic oxidation sites excluding steroid dienone is 1. The van der Waals surface area contributed by atoms with Crippen molar-refractivity contribution in [2.24, 2.45) is 11.8 Å². The lowest BCUT2D eigenvalue weighted by Crippen LogP contribution is -2.26. The van der Waals surface area contributed by atoms with Crippen LogP contribution < -0.4 is 5.32 Å². The highest BCUT2D eigenvalue weighted by Crippen LogP contribution is 2.37. The summed E-state index contributed by atoms with van der Waals surface area (Å²) in [6, 6.07) is 0. The maximum absolute atomic E-state index is 11.5. The van der Waals surface area contributed by atoms with Crippen LogP contribution in [0.1, 0.15) is 45.4 Å². The molecule has 0 aliphatic heterocycles. The zero-order chi connectivity index (χ0) is 10.7. The summed E-state index contributed by atoms with van der Waals surface area (Å²) in [5.41, 5.74) is 1.55. The Kier molecular flexibility index (Phi) is 3.45. The average Bonchev–Trinajstić information content (AvgIpc) is 2.97. The van der Waals surface area contributed by atoms with Gasteiger partial charge < -0.3 is 5.32 Å². The van der Waals surface area contributed by atoms with Crippen LogP contribution in [0.15, 0.2) is 11.6 Å². The molecule has 0 aromatic heterocycles. The number of rotatable bonds is 4. The topological polar surface area (TPSA) is 29.1 Å². The molecule has 0 saturated heterocycles. The van der Waals surface area contributed by atoms with E-state index in [4.69, 9.17) is 0 Å². The molecule has 1 saturated carbocycles. The zero-order valence-corrected chi connectivity index (χ0v) is 9.59. The Bertz CT molecular complexity index is 270. The third-order valence-corrected chi connectivity index (χ3v) is 3.58. The van der Waals surface area contributed by atoms with E-state index in [0.717, 1.165) is 19.4 Å². The Balaban J connectivity index is 1.62. The molecule has 2 atom stereocenters. The monoisotopic (exact) mass is 207 g/mol. The molecule has 0 aromatic rings. The molecule has 1 N–H and O–H groups in total. The van der Waals surface area contributed by atoms with Gasteiger partial charge in [-0.2, -0.15) is 0 Å². The molecule has 0 bridgehead atoms. The third kappa shape index (κ3) is 3.08. The van der Waals surface area contributed by atoms with Gasteiger partial charge in [-0.1, -0.05) is 18.6 Å². The van der Waals surface area contributed by atoms with Crippen LogP contribution in [0, 0.1) is 11.8 Å². The average molecular weight is 207 g/mol. The van der Waals surface area contributed by atoms with Crippen molar-refractivity contribution in [3.63, 3.8) is 0 Å². The minimum absolute atomic E-state index is 0.277. The van der Waals surface area contributed by atoms with E-state index in [2.05, 4.69) is 18.3 Å². The lowest BCUT2D eigenvalue weighted by atomic mass is 9.97. The lowest BCUT2D eigenvalue weighted by Gasteiger charge is -2.12. The first kappa shape index (κ1) is 10.7. The number of hydrogen-bond acceptors (Lipinski definition) is 1. The molecule has 1 fully saturated rings. The molecule has 0 unspecified atom stereocenters. The fourth-order valence-corrected chi connectivity index (χ4v) is 2.30. The summed E-state index contributed by atoms with van der Waals surface area (Å²) in [5, 5.41) is 3.04. The molecular formula is C13H21NO. The second-order valence-corrected chi connectivity index (χ2v) is 4.97. The maximum atomic E-state index is 11.5. The molecule has 2 aliphatic rings. The minimum Gasteiger partial charge on any atom is -0.356 e. The molecule has 2 aliphatic carbocycles. The van der Waals surface area contributed by atoms with Gasteiger partial charge in [-0.05, 0) is 44.4 Å². The van der Waals surface area contributed by atoms with Gasteiger partial charge in [0.25, 0.3) is 0 Å². The van der Waals surface area contributed by atoms with Crippen LogP contribution >= 0.6 is 0 Å². The Morgan fingerprint density at radius 1 is 1.53 bits per heavy atom. The summed E-state index contributed by atoms with van der Waals surface area (Å²) in [7, 11) is 0.